The van der Waals surface area contributed by atoms with Gasteiger partial charge in [-0.3, -0.25) is 0 Å². The molecule has 1 aromatic carbocycles. The Hall–Kier alpha value is -1.60. The molecule has 0 saturated carbocycles. The molecular formula is C12H18N2O4S. The minimum absolute atomic E-state index is 0.0840. The number of sulfonamides is 1. The van der Waals surface area contributed by atoms with E-state index in [4.69, 9.17) is 5.73 Å². The number of esters is 1. The topological polar surface area (TPSA) is 98.5 Å². The molecule has 0 fully saturated rings. The molecule has 0 heterocycles. The van der Waals surface area contributed by atoms with Crippen molar-refractivity contribution in [1.29, 1.82) is 0 Å². The first-order chi connectivity index (χ1) is 8.57. The molecule has 0 bridgehead atoms. The molecule has 6 nitrogen and oxygen atoms in total. The third kappa shape index (κ3) is 3.93. The van der Waals surface area contributed by atoms with E-state index < -0.39 is 21.5 Å². The number of carbonyl (C=O) groups excluding carboxylic acids is 1. The predicted molar refractivity (Wildman–Crippen MR) is 72.3 cm³/mol. The molecular weight excluding hydrogens is 268 g/mol. The lowest BCUT2D eigenvalue weighted by Crippen LogP contribution is -2.41. The largest absolute Gasteiger partial charge is 0.465 e. The number of nitrogen functional groups attached to an aromatic ring is 1. The summed E-state index contributed by atoms with van der Waals surface area (Å²) in [5.74, 6) is -0.749. The van der Waals surface area contributed by atoms with Gasteiger partial charge in [0.05, 0.1) is 17.6 Å². The van der Waals surface area contributed by atoms with Gasteiger partial charge in [-0.2, -0.15) is 0 Å². The number of ether oxygens (including phenoxy) is 1. The number of hydrogen-bond acceptors (Lipinski definition) is 5. The summed E-state index contributed by atoms with van der Waals surface area (Å²) >= 11 is 0. The first-order valence-corrected chi connectivity index (χ1v) is 7.07. The highest BCUT2D eigenvalue weighted by Gasteiger charge is 2.27. The van der Waals surface area contributed by atoms with Crippen molar-refractivity contribution in [2.24, 2.45) is 0 Å². The summed E-state index contributed by atoms with van der Waals surface area (Å²) in [5.41, 5.74) is 5.11. The van der Waals surface area contributed by atoms with Crippen LogP contribution in [0.2, 0.25) is 0 Å². The number of benzene rings is 1. The Balaban J connectivity index is 3.38. The van der Waals surface area contributed by atoms with Crippen LogP contribution in [0.1, 0.15) is 31.1 Å². The second kappa shape index (κ2) is 5.18. The van der Waals surface area contributed by atoms with E-state index in [1.165, 1.54) is 25.3 Å². The van der Waals surface area contributed by atoms with Crippen LogP contribution >= 0.6 is 0 Å². The van der Waals surface area contributed by atoms with Gasteiger partial charge < -0.3 is 10.5 Å². The van der Waals surface area contributed by atoms with Crippen LogP contribution in [-0.4, -0.2) is 27.0 Å². The maximum absolute atomic E-state index is 12.2. The highest BCUT2D eigenvalue weighted by Crippen LogP contribution is 2.21. The molecule has 0 radical (unpaired) electrons. The summed E-state index contributed by atoms with van der Waals surface area (Å²) in [5, 5.41) is 0. The average Bonchev–Trinajstić information content (AvgIpc) is 2.24. The van der Waals surface area contributed by atoms with Gasteiger partial charge in [0, 0.05) is 11.2 Å². The van der Waals surface area contributed by atoms with Crippen molar-refractivity contribution < 1.29 is 17.9 Å². The van der Waals surface area contributed by atoms with E-state index in [0.717, 1.165) is 0 Å². The fourth-order valence-corrected chi connectivity index (χ4v) is 3.10. The molecule has 1 rings (SSSR count). The maximum atomic E-state index is 12.2. The van der Waals surface area contributed by atoms with Gasteiger partial charge in [-0.05, 0) is 39.0 Å². The van der Waals surface area contributed by atoms with Gasteiger partial charge in [-0.1, -0.05) is 0 Å². The number of nitrogens with one attached hydrogen (secondary N) is 1. The Bertz CT molecular complexity index is 588. The third-order valence-corrected chi connectivity index (χ3v) is 3.96. The Morgan fingerprint density at radius 3 is 2.37 bits per heavy atom. The number of carbonyl (C=O) groups is 1. The van der Waals surface area contributed by atoms with Gasteiger partial charge in [0.1, 0.15) is 0 Å². The van der Waals surface area contributed by atoms with Crippen LogP contribution in [0.4, 0.5) is 5.69 Å². The molecule has 0 unspecified atom stereocenters. The monoisotopic (exact) mass is 286 g/mol. The lowest BCUT2D eigenvalue weighted by atomic mass is 10.1. The first-order valence-electron chi connectivity index (χ1n) is 5.58. The summed E-state index contributed by atoms with van der Waals surface area (Å²) in [6.07, 6.45) is 0. The standard InChI is InChI=1S/C12H18N2O4S/c1-12(2,3)14-19(16,17)10-6-5-8(13)7-9(10)11(15)18-4/h5-7,14H,13H2,1-4H3. The number of rotatable bonds is 3. The highest BCUT2D eigenvalue weighted by molar-refractivity contribution is 7.89. The molecule has 0 aliphatic carbocycles. The van der Waals surface area contributed by atoms with E-state index >= 15 is 0 Å². The molecule has 0 aliphatic rings. The lowest BCUT2D eigenvalue weighted by Gasteiger charge is -2.21. The zero-order valence-electron chi connectivity index (χ0n) is 11.4. The molecule has 3 N–H and O–H groups in total. The molecule has 106 valence electrons. The van der Waals surface area contributed by atoms with Crippen molar-refractivity contribution in [2.45, 2.75) is 31.2 Å². The fourth-order valence-electron chi connectivity index (χ4n) is 1.51. The molecule has 0 saturated heterocycles. The van der Waals surface area contributed by atoms with Crippen LogP contribution in [0.15, 0.2) is 23.1 Å². The fraction of sp³-hybridized carbons (Fsp3) is 0.417. The van der Waals surface area contributed by atoms with E-state index in [0.29, 0.717) is 0 Å². The Labute approximate surface area is 113 Å². The van der Waals surface area contributed by atoms with Crippen molar-refractivity contribution in [3.63, 3.8) is 0 Å². The van der Waals surface area contributed by atoms with E-state index in [9.17, 15) is 13.2 Å². The lowest BCUT2D eigenvalue weighted by molar-refractivity contribution is 0.0596. The van der Waals surface area contributed by atoms with Gasteiger partial charge in [-0.25, -0.2) is 17.9 Å². The second-order valence-corrected chi connectivity index (χ2v) is 6.75. The Kier molecular flexibility index (Phi) is 4.21. The molecule has 1 aromatic rings. The molecule has 0 aliphatic heterocycles. The summed E-state index contributed by atoms with van der Waals surface area (Å²) in [4.78, 5) is 11.5. The quantitative estimate of drug-likeness (QED) is 0.641. The van der Waals surface area contributed by atoms with Crippen LogP contribution < -0.4 is 10.5 Å². The van der Waals surface area contributed by atoms with E-state index in [1.807, 2.05) is 0 Å². The van der Waals surface area contributed by atoms with Crippen molar-refractivity contribution >= 4 is 21.7 Å². The summed E-state index contributed by atoms with van der Waals surface area (Å²) < 4.78 is 31.5. The smallest absolute Gasteiger partial charge is 0.339 e. The van der Waals surface area contributed by atoms with Gasteiger partial charge in [-0.15, -0.1) is 0 Å². The Morgan fingerprint density at radius 1 is 1.32 bits per heavy atom. The van der Waals surface area contributed by atoms with Crippen molar-refractivity contribution in [3.8, 4) is 0 Å². The van der Waals surface area contributed by atoms with Crippen molar-refractivity contribution in [1.82, 2.24) is 4.72 Å². The van der Waals surface area contributed by atoms with E-state index in [-0.39, 0.29) is 16.1 Å². The first kappa shape index (κ1) is 15.5. The van der Waals surface area contributed by atoms with Crippen molar-refractivity contribution in [2.75, 3.05) is 12.8 Å². The molecule has 0 amide bonds. The van der Waals surface area contributed by atoms with E-state index in [1.54, 1.807) is 20.8 Å². The average molecular weight is 286 g/mol. The van der Waals surface area contributed by atoms with Gasteiger partial charge in [0.15, 0.2) is 0 Å². The molecule has 0 spiro atoms. The van der Waals surface area contributed by atoms with Crippen LogP contribution in [0.25, 0.3) is 0 Å². The summed E-state index contributed by atoms with van der Waals surface area (Å²) in [7, 11) is -2.65. The van der Waals surface area contributed by atoms with E-state index in [2.05, 4.69) is 9.46 Å². The number of methoxy groups -OCH3 is 1. The molecule has 7 heteroatoms. The van der Waals surface area contributed by atoms with Gasteiger partial charge in [0.2, 0.25) is 10.0 Å². The highest BCUT2D eigenvalue weighted by atomic mass is 32.2. The number of anilines is 1. The predicted octanol–water partition coefficient (Wildman–Crippen LogP) is 1.13. The van der Waals surface area contributed by atoms with Crippen LogP contribution in [0, 0.1) is 0 Å². The number of nitrogens with two attached hydrogens (primary N) is 1. The number of hydrogen-bond donors (Lipinski definition) is 2. The minimum Gasteiger partial charge on any atom is -0.465 e. The zero-order valence-corrected chi connectivity index (χ0v) is 12.2. The zero-order chi connectivity index (χ0) is 14.8. The normalized spacial score (nSPS) is 12.2. The van der Waals surface area contributed by atoms with Crippen LogP contribution in [0.3, 0.4) is 0 Å². The van der Waals surface area contributed by atoms with Crippen LogP contribution in [0.5, 0.6) is 0 Å². The molecule has 0 aromatic heterocycles. The van der Waals surface area contributed by atoms with Crippen molar-refractivity contribution in [3.05, 3.63) is 23.8 Å². The summed E-state index contributed by atoms with van der Waals surface area (Å²) in [6.45, 7) is 5.12. The third-order valence-electron chi connectivity index (χ3n) is 2.14. The van der Waals surface area contributed by atoms with Crippen LogP contribution in [-0.2, 0) is 14.8 Å². The SMILES string of the molecule is COC(=O)c1cc(N)ccc1S(=O)(=O)NC(C)(C)C. The van der Waals surface area contributed by atoms with Gasteiger partial charge >= 0.3 is 5.97 Å². The van der Waals surface area contributed by atoms with Gasteiger partial charge in [0.25, 0.3) is 0 Å². The maximum Gasteiger partial charge on any atom is 0.339 e. The molecule has 0 atom stereocenters. The second-order valence-electron chi connectivity index (χ2n) is 5.10. The Morgan fingerprint density at radius 2 is 1.89 bits per heavy atom. The summed E-state index contributed by atoms with van der Waals surface area (Å²) in [6, 6.07) is 3.99. The minimum atomic E-state index is -3.83. The molecule has 19 heavy (non-hydrogen) atoms.